The second-order valence-electron chi connectivity index (χ2n) is 6.51. The van der Waals surface area contributed by atoms with Gasteiger partial charge < -0.3 is 5.32 Å². The van der Waals surface area contributed by atoms with Crippen LogP contribution in [-0.4, -0.2) is 6.54 Å². The predicted octanol–water partition coefficient (Wildman–Crippen LogP) is 4.08. The number of fused-ring (bicyclic) bond motifs is 5. The fourth-order valence-corrected chi connectivity index (χ4v) is 5.89. The molecule has 98 valence electrons. The second-order valence-corrected chi connectivity index (χ2v) is 7.49. The summed E-state index contributed by atoms with van der Waals surface area (Å²) >= 11 is 1.95. The molecule has 3 aliphatic rings. The highest BCUT2D eigenvalue weighted by Gasteiger charge is 2.66. The van der Waals surface area contributed by atoms with E-state index in [1.165, 1.54) is 25.8 Å². The van der Waals surface area contributed by atoms with E-state index >= 15 is 0 Å². The molecule has 3 saturated carbocycles. The first-order valence-electron chi connectivity index (χ1n) is 7.67. The zero-order chi connectivity index (χ0) is 12.1. The average molecular weight is 261 g/mol. The molecule has 5 atom stereocenters. The highest BCUT2D eigenvalue weighted by atomic mass is 32.1. The van der Waals surface area contributed by atoms with Crippen LogP contribution in [0.3, 0.4) is 0 Å². The Balaban J connectivity index is 1.54. The van der Waals surface area contributed by atoms with Gasteiger partial charge in [0.1, 0.15) is 0 Å². The molecule has 3 fully saturated rings. The Morgan fingerprint density at radius 1 is 1.33 bits per heavy atom. The summed E-state index contributed by atoms with van der Waals surface area (Å²) in [6, 6.07) is 5.23. The van der Waals surface area contributed by atoms with Crippen LogP contribution >= 0.6 is 11.3 Å². The molecule has 1 aromatic rings. The van der Waals surface area contributed by atoms with Crippen molar-refractivity contribution in [2.75, 3.05) is 6.54 Å². The number of thiophene rings is 1. The van der Waals surface area contributed by atoms with Crippen LogP contribution in [0.5, 0.6) is 0 Å². The summed E-state index contributed by atoms with van der Waals surface area (Å²) in [4.78, 5) is 1.59. The monoisotopic (exact) mass is 261 g/mol. The van der Waals surface area contributed by atoms with E-state index in [1.54, 1.807) is 11.3 Å². The Kier molecular flexibility index (Phi) is 2.77. The van der Waals surface area contributed by atoms with Gasteiger partial charge in [-0.1, -0.05) is 13.0 Å². The third-order valence-corrected chi connectivity index (χ3v) is 6.60. The molecule has 0 saturated heterocycles. The molecule has 2 heteroatoms. The quantitative estimate of drug-likeness (QED) is 0.842. The molecule has 1 aromatic heterocycles. The van der Waals surface area contributed by atoms with Gasteiger partial charge >= 0.3 is 0 Å². The van der Waals surface area contributed by atoms with Gasteiger partial charge in [0, 0.05) is 10.9 Å². The Hall–Kier alpha value is -0.340. The van der Waals surface area contributed by atoms with E-state index < -0.39 is 0 Å². The van der Waals surface area contributed by atoms with E-state index in [0.29, 0.717) is 6.04 Å². The SMILES string of the molecule is CCCNC(c1cccs1)C1C2C3CCC(C3)C21. The van der Waals surface area contributed by atoms with E-state index in [-0.39, 0.29) is 0 Å². The molecule has 0 aliphatic heterocycles. The molecular weight excluding hydrogens is 238 g/mol. The number of hydrogen-bond donors (Lipinski definition) is 1. The van der Waals surface area contributed by atoms with Crippen molar-refractivity contribution < 1.29 is 0 Å². The third kappa shape index (κ3) is 1.61. The lowest BCUT2D eigenvalue weighted by Gasteiger charge is -2.20. The van der Waals surface area contributed by atoms with E-state index in [1.807, 2.05) is 11.3 Å². The molecule has 2 bridgehead atoms. The average Bonchev–Trinajstić information content (AvgIpc) is 2.85. The maximum Gasteiger partial charge on any atom is 0.0449 e. The van der Waals surface area contributed by atoms with Crippen LogP contribution in [0.1, 0.15) is 43.5 Å². The van der Waals surface area contributed by atoms with Gasteiger partial charge in [-0.2, -0.15) is 0 Å². The summed E-state index contributed by atoms with van der Waals surface area (Å²) in [5.74, 6) is 5.33. The first-order chi connectivity index (χ1) is 8.90. The van der Waals surface area contributed by atoms with Crippen molar-refractivity contribution in [2.45, 2.75) is 38.6 Å². The molecule has 1 N–H and O–H groups in total. The molecule has 5 unspecified atom stereocenters. The van der Waals surface area contributed by atoms with Crippen molar-refractivity contribution in [1.29, 1.82) is 0 Å². The number of rotatable bonds is 5. The third-order valence-electron chi connectivity index (χ3n) is 5.64. The van der Waals surface area contributed by atoms with Crippen LogP contribution in [-0.2, 0) is 0 Å². The lowest BCUT2D eigenvalue weighted by molar-refractivity contribution is 0.374. The largest absolute Gasteiger partial charge is 0.309 e. The molecule has 18 heavy (non-hydrogen) atoms. The first kappa shape index (κ1) is 11.5. The van der Waals surface area contributed by atoms with Gasteiger partial charge in [0.2, 0.25) is 0 Å². The normalized spacial score (nSPS) is 41.9. The van der Waals surface area contributed by atoms with Crippen LogP contribution in [0.4, 0.5) is 0 Å². The number of nitrogens with one attached hydrogen (secondary N) is 1. The van der Waals surface area contributed by atoms with Gasteiger partial charge in [-0.3, -0.25) is 0 Å². The minimum Gasteiger partial charge on any atom is -0.309 e. The van der Waals surface area contributed by atoms with Crippen molar-refractivity contribution in [1.82, 2.24) is 5.32 Å². The molecule has 0 radical (unpaired) electrons. The van der Waals surface area contributed by atoms with Gasteiger partial charge in [0.15, 0.2) is 0 Å². The fraction of sp³-hybridized carbons (Fsp3) is 0.750. The molecule has 1 heterocycles. The van der Waals surface area contributed by atoms with E-state index in [2.05, 4.69) is 29.8 Å². The maximum atomic E-state index is 3.84. The Morgan fingerprint density at radius 3 is 2.72 bits per heavy atom. The summed E-state index contributed by atoms with van der Waals surface area (Å²) in [7, 11) is 0. The van der Waals surface area contributed by atoms with Crippen molar-refractivity contribution >= 4 is 11.3 Å². The molecular formula is C16H23NS. The van der Waals surface area contributed by atoms with Gasteiger partial charge in [0.25, 0.3) is 0 Å². The van der Waals surface area contributed by atoms with Crippen LogP contribution in [0.2, 0.25) is 0 Å². The summed E-state index contributed by atoms with van der Waals surface area (Å²) in [6.45, 7) is 3.45. The Bertz CT molecular complexity index is 397. The molecule has 0 spiro atoms. The van der Waals surface area contributed by atoms with E-state index in [9.17, 15) is 0 Å². The maximum absolute atomic E-state index is 3.84. The number of hydrogen-bond acceptors (Lipinski definition) is 2. The van der Waals surface area contributed by atoms with Gasteiger partial charge in [0.05, 0.1) is 0 Å². The summed E-state index contributed by atoms with van der Waals surface area (Å²) in [5.41, 5.74) is 0. The lowest BCUT2D eigenvalue weighted by Crippen LogP contribution is -2.25. The summed E-state index contributed by atoms with van der Waals surface area (Å²) in [6.07, 6.45) is 5.88. The van der Waals surface area contributed by atoms with E-state index in [4.69, 9.17) is 0 Å². The van der Waals surface area contributed by atoms with Gasteiger partial charge in [-0.05, 0) is 73.3 Å². The minimum atomic E-state index is 0.670. The highest BCUT2D eigenvalue weighted by molar-refractivity contribution is 7.10. The molecule has 0 amide bonds. The molecule has 4 rings (SSSR count). The van der Waals surface area contributed by atoms with Crippen LogP contribution in [0.15, 0.2) is 17.5 Å². The predicted molar refractivity (Wildman–Crippen MR) is 76.7 cm³/mol. The van der Waals surface area contributed by atoms with Gasteiger partial charge in [-0.15, -0.1) is 11.3 Å². The van der Waals surface area contributed by atoms with Crippen LogP contribution < -0.4 is 5.32 Å². The lowest BCUT2D eigenvalue weighted by atomic mass is 9.96. The van der Waals surface area contributed by atoms with Crippen LogP contribution in [0, 0.1) is 29.6 Å². The zero-order valence-electron chi connectivity index (χ0n) is 11.1. The minimum absolute atomic E-state index is 0.670. The fourth-order valence-electron chi connectivity index (χ4n) is 5.03. The summed E-state index contributed by atoms with van der Waals surface area (Å²) < 4.78 is 0. The second kappa shape index (κ2) is 4.35. The molecule has 3 aliphatic carbocycles. The smallest absolute Gasteiger partial charge is 0.0449 e. The molecule has 1 nitrogen and oxygen atoms in total. The Morgan fingerprint density at radius 2 is 2.11 bits per heavy atom. The Labute approximate surface area is 114 Å². The summed E-state index contributed by atoms with van der Waals surface area (Å²) in [5, 5.41) is 6.08. The molecule has 0 aromatic carbocycles. The standard InChI is InChI=1S/C16H23NS/c1-2-7-17-16(12-4-3-8-18-12)15-13-10-5-6-11(9-10)14(13)15/h3-4,8,10-11,13-17H,2,5-7,9H2,1H3. The van der Waals surface area contributed by atoms with Crippen molar-refractivity contribution in [3.05, 3.63) is 22.4 Å². The van der Waals surface area contributed by atoms with Crippen molar-refractivity contribution in [2.24, 2.45) is 29.6 Å². The van der Waals surface area contributed by atoms with Crippen molar-refractivity contribution in [3.63, 3.8) is 0 Å². The highest BCUT2D eigenvalue weighted by Crippen LogP contribution is 2.72. The van der Waals surface area contributed by atoms with Crippen molar-refractivity contribution in [3.8, 4) is 0 Å². The topological polar surface area (TPSA) is 12.0 Å². The first-order valence-corrected chi connectivity index (χ1v) is 8.55. The van der Waals surface area contributed by atoms with E-state index in [0.717, 1.165) is 29.6 Å². The van der Waals surface area contributed by atoms with Crippen LogP contribution in [0.25, 0.3) is 0 Å². The van der Waals surface area contributed by atoms with Gasteiger partial charge in [-0.25, -0.2) is 0 Å². The zero-order valence-corrected chi connectivity index (χ0v) is 12.0.